The number of urea groups is 1. The number of benzene rings is 1. The third kappa shape index (κ3) is 4.50. The van der Waals surface area contributed by atoms with Crippen LogP contribution in [0.5, 0.6) is 6.01 Å². The Morgan fingerprint density at radius 1 is 1.19 bits per heavy atom. The number of carbonyl (C=O) groups excluding carboxylic acids is 1. The number of ether oxygens (including phenoxy) is 1. The molecule has 1 heterocycles. The lowest BCUT2D eigenvalue weighted by atomic mass is 9.96. The lowest BCUT2D eigenvalue weighted by Crippen LogP contribution is -2.36. The Labute approximate surface area is 154 Å². The van der Waals surface area contributed by atoms with Gasteiger partial charge in [-0.2, -0.15) is 0 Å². The molecule has 1 aromatic carbocycles. The molecule has 1 atom stereocenters. The first-order valence-corrected chi connectivity index (χ1v) is 9.07. The zero-order chi connectivity index (χ0) is 18.5. The Hall–Kier alpha value is -2.63. The summed E-state index contributed by atoms with van der Waals surface area (Å²) in [6.07, 6.45) is 7.31. The summed E-state index contributed by atoms with van der Waals surface area (Å²) in [5, 5.41) is 2.91. The van der Waals surface area contributed by atoms with Crippen LogP contribution in [0.25, 0.3) is 11.1 Å². The molecule has 26 heavy (non-hydrogen) atoms. The zero-order valence-corrected chi connectivity index (χ0v) is 15.6. The highest BCUT2D eigenvalue weighted by Crippen LogP contribution is 2.25. The van der Waals surface area contributed by atoms with E-state index in [0.29, 0.717) is 12.6 Å². The second-order valence-electron chi connectivity index (χ2n) is 7.03. The Balaban J connectivity index is 1.58. The molecule has 1 fully saturated rings. The summed E-state index contributed by atoms with van der Waals surface area (Å²) in [5.41, 5.74) is 3.21. The molecule has 0 saturated heterocycles. The first kappa shape index (κ1) is 18.2. The molecule has 0 bridgehead atoms. The average Bonchev–Trinajstić information content (AvgIpc) is 2.63. The highest BCUT2D eigenvalue weighted by molar-refractivity contribution is 5.73. The second-order valence-corrected chi connectivity index (χ2v) is 7.03. The minimum atomic E-state index is -0.0742. The van der Waals surface area contributed by atoms with Crippen LogP contribution in [0.4, 0.5) is 4.79 Å². The SMILES string of the molecule is CC(CNC(=O)N(C)C)c1ccc(-c2cnc(OC3CCC3)nc2)cc1. The minimum absolute atomic E-state index is 0.0742. The molecular weight excluding hydrogens is 328 g/mol. The molecule has 0 aliphatic heterocycles. The summed E-state index contributed by atoms with van der Waals surface area (Å²) >= 11 is 0. The van der Waals surface area contributed by atoms with Gasteiger partial charge in [-0.3, -0.25) is 0 Å². The van der Waals surface area contributed by atoms with Crippen LogP contribution in [0, 0.1) is 0 Å². The van der Waals surface area contributed by atoms with Gasteiger partial charge in [-0.05, 0) is 36.3 Å². The van der Waals surface area contributed by atoms with Gasteiger partial charge < -0.3 is 15.0 Å². The minimum Gasteiger partial charge on any atom is -0.460 e. The molecular formula is C20H26N4O2. The van der Waals surface area contributed by atoms with Gasteiger partial charge in [0.1, 0.15) is 6.10 Å². The van der Waals surface area contributed by atoms with Crippen molar-refractivity contribution in [3.8, 4) is 17.1 Å². The van der Waals surface area contributed by atoms with Gasteiger partial charge in [-0.15, -0.1) is 0 Å². The average molecular weight is 354 g/mol. The van der Waals surface area contributed by atoms with E-state index >= 15 is 0 Å². The molecule has 138 valence electrons. The first-order valence-electron chi connectivity index (χ1n) is 9.07. The quantitative estimate of drug-likeness (QED) is 0.863. The number of nitrogens with zero attached hydrogens (tertiary/aromatic N) is 3. The molecule has 3 rings (SSSR count). The molecule has 1 aliphatic rings. The van der Waals surface area contributed by atoms with Crippen molar-refractivity contribution in [1.29, 1.82) is 0 Å². The summed E-state index contributed by atoms with van der Waals surface area (Å²) in [6.45, 7) is 2.70. The van der Waals surface area contributed by atoms with E-state index < -0.39 is 0 Å². The van der Waals surface area contributed by atoms with Crippen LogP contribution >= 0.6 is 0 Å². The summed E-state index contributed by atoms with van der Waals surface area (Å²) in [7, 11) is 3.47. The third-order valence-electron chi connectivity index (χ3n) is 4.73. The lowest BCUT2D eigenvalue weighted by Gasteiger charge is -2.24. The fourth-order valence-electron chi connectivity index (χ4n) is 2.68. The molecule has 2 aromatic rings. The molecule has 6 nitrogen and oxygen atoms in total. The molecule has 2 amide bonds. The molecule has 1 aromatic heterocycles. The van der Waals surface area contributed by atoms with Gasteiger partial charge in [0.15, 0.2) is 0 Å². The van der Waals surface area contributed by atoms with Crippen LogP contribution in [-0.2, 0) is 0 Å². The fourth-order valence-corrected chi connectivity index (χ4v) is 2.68. The first-order chi connectivity index (χ1) is 12.5. The fraction of sp³-hybridized carbons (Fsp3) is 0.450. The van der Waals surface area contributed by atoms with Crippen molar-refractivity contribution >= 4 is 6.03 Å². The van der Waals surface area contributed by atoms with Gasteiger partial charge in [0.05, 0.1) is 0 Å². The van der Waals surface area contributed by atoms with Crippen molar-refractivity contribution in [2.45, 2.75) is 38.2 Å². The number of hydrogen-bond acceptors (Lipinski definition) is 4. The standard InChI is InChI=1S/C20H26N4O2/c1-14(11-23-20(25)24(2)3)15-7-9-16(10-8-15)17-12-21-19(22-13-17)26-18-5-4-6-18/h7-10,12-14,18H,4-6,11H2,1-3H3,(H,23,25). The lowest BCUT2D eigenvalue weighted by molar-refractivity contribution is 0.108. The predicted molar refractivity (Wildman–Crippen MR) is 101 cm³/mol. The third-order valence-corrected chi connectivity index (χ3v) is 4.73. The predicted octanol–water partition coefficient (Wildman–Crippen LogP) is 3.45. The molecule has 6 heteroatoms. The Morgan fingerprint density at radius 2 is 1.85 bits per heavy atom. The zero-order valence-electron chi connectivity index (χ0n) is 15.6. The number of hydrogen-bond donors (Lipinski definition) is 1. The molecule has 0 radical (unpaired) electrons. The maximum absolute atomic E-state index is 11.6. The van der Waals surface area contributed by atoms with E-state index in [9.17, 15) is 4.79 Å². The molecule has 0 spiro atoms. The summed E-state index contributed by atoms with van der Waals surface area (Å²) in [6, 6.07) is 8.67. The van der Waals surface area contributed by atoms with Crippen molar-refractivity contribution in [3.05, 3.63) is 42.2 Å². The molecule has 1 aliphatic carbocycles. The van der Waals surface area contributed by atoms with Gasteiger partial charge >= 0.3 is 12.0 Å². The number of nitrogens with one attached hydrogen (secondary N) is 1. The smallest absolute Gasteiger partial charge is 0.316 e. The summed E-state index contributed by atoms with van der Waals surface area (Å²) in [4.78, 5) is 21.8. The largest absolute Gasteiger partial charge is 0.460 e. The van der Waals surface area contributed by atoms with Gasteiger partial charge in [-0.1, -0.05) is 31.2 Å². The Kier molecular flexibility index (Phi) is 5.71. The highest BCUT2D eigenvalue weighted by Gasteiger charge is 2.20. The van der Waals surface area contributed by atoms with Gasteiger partial charge in [0, 0.05) is 38.6 Å². The van der Waals surface area contributed by atoms with Crippen molar-refractivity contribution in [3.63, 3.8) is 0 Å². The van der Waals surface area contributed by atoms with E-state index in [4.69, 9.17) is 4.74 Å². The maximum atomic E-state index is 11.6. The van der Waals surface area contributed by atoms with Gasteiger partial charge in [-0.25, -0.2) is 14.8 Å². The number of rotatable bonds is 6. The maximum Gasteiger partial charge on any atom is 0.316 e. The van der Waals surface area contributed by atoms with Crippen LogP contribution in [0.15, 0.2) is 36.7 Å². The highest BCUT2D eigenvalue weighted by atomic mass is 16.5. The van der Waals surface area contributed by atoms with Crippen molar-refractivity contribution < 1.29 is 9.53 Å². The van der Waals surface area contributed by atoms with E-state index in [1.54, 1.807) is 26.5 Å². The monoisotopic (exact) mass is 354 g/mol. The van der Waals surface area contributed by atoms with Crippen molar-refractivity contribution in [2.24, 2.45) is 0 Å². The second kappa shape index (κ2) is 8.17. The summed E-state index contributed by atoms with van der Waals surface area (Å²) in [5.74, 6) is 0.238. The van der Waals surface area contributed by atoms with E-state index in [-0.39, 0.29) is 18.1 Å². The van der Waals surface area contributed by atoms with Crippen LogP contribution in [0.1, 0.15) is 37.7 Å². The van der Waals surface area contributed by atoms with Crippen molar-refractivity contribution in [1.82, 2.24) is 20.2 Å². The van der Waals surface area contributed by atoms with Crippen LogP contribution in [-0.4, -0.2) is 47.6 Å². The Bertz CT molecular complexity index is 724. The normalized spacial score (nSPS) is 15.0. The molecule has 1 N–H and O–H groups in total. The van der Waals surface area contributed by atoms with Crippen molar-refractivity contribution in [2.75, 3.05) is 20.6 Å². The van der Waals surface area contributed by atoms with Crippen LogP contribution < -0.4 is 10.1 Å². The number of aromatic nitrogens is 2. The van der Waals surface area contributed by atoms with E-state index in [1.165, 1.54) is 16.9 Å². The molecule has 1 saturated carbocycles. The van der Waals surface area contributed by atoms with Crippen LogP contribution in [0.2, 0.25) is 0 Å². The summed E-state index contributed by atoms with van der Waals surface area (Å²) < 4.78 is 5.69. The van der Waals surface area contributed by atoms with Crippen LogP contribution in [0.3, 0.4) is 0 Å². The topological polar surface area (TPSA) is 67.4 Å². The van der Waals surface area contributed by atoms with E-state index in [0.717, 1.165) is 24.0 Å². The van der Waals surface area contributed by atoms with Gasteiger partial charge in [0.2, 0.25) is 0 Å². The molecule has 1 unspecified atom stereocenters. The van der Waals surface area contributed by atoms with E-state index in [1.807, 2.05) is 0 Å². The number of amides is 2. The Morgan fingerprint density at radius 3 is 2.38 bits per heavy atom. The van der Waals surface area contributed by atoms with E-state index in [2.05, 4.69) is 46.5 Å². The van der Waals surface area contributed by atoms with Gasteiger partial charge in [0.25, 0.3) is 0 Å². The number of carbonyl (C=O) groups is 1.